The summed E-state index contributed by atoms with van der Waals surface area (Å²) >= 11 is 0. The Morgan fingerprint density at radius 3 is 2.64 bits per heavy atom. The summed E-state index contributed by atoms with van der Waals surface area (Å²) in [6.07, 6.45) is 5.40. The number of rotatable bonds is 3. The Morgan fingerprint density at radius 2 is 1.94 bits per heavy atom. The highest BCUT2D eigenvalue weighted by Gasteiger charge is 2.79. The summed E-state index contributed by atoms with van der Waals surface area (Å²) in [6, 6.07) is 0. The van der Waals surface area contributed by atoms with E-state index in [1.54, 1.807) is 13.0 Å². The smallest absolute Gasteiger partial charge is 0.193 e. The maximum atomic E-state index is 17.4. The summed E-state index contributed by atoms with van der Waals surface area (Å²) < 4.78 is 30.5. The number of carbonyl (C=O) groups excluding carboxylic acids is 2. The lowest BCUT2D eigenvalue weighted by atomic mass is 9.44. The van der Waals surface area contributed by atoms with E-state index in [0.717, 1.165) is 31.5 Å². The van der Waals surface area contributed by atoms with Crippen LogP contribution in [-0.2, 0) is 19.1 Å². The first-order valence-corrected chi connectivity index (χ1v) is 13.5. The van der Waals surface area contributed by atoms with Crippen LogP contribution < -0.4 is 0 Å². The fourth-order valence-electron chi connectivity index (χ4n) is 9.11. The van der Waals surface area contributed by atoms with Gasteiger partial charge >= 0.3 is 0 Å². The molecule has 36 heavy (non-hydrogen) atoms. The van der Waals surface area contributed by atoms with Gasteiger partial charge in [0.25, 0.3) is 0 Å². The van der Waals surface area contributed by atoms with Gasteiger partial charge < -0.3 is 24.6 Å². The van der Waals surface area contributed by atoms with E-state index in [2.05, 4.69) is 11.9 Å². The molecule has 0 aromatic rings. The van der Waals surface area contributed by atoms with E-state index in [1.807, 2.05) is 6.92 Å². The number of ketones is 2. The summed E-state index contributed by atoms with van der Waals surface area (Å²) in [5.74, 6) is -1.23. The number of carbonyl (C=O) groups is 2. The molecule has 2 heterocycles. The van der Waals surface area contributed by atoms with Gasteiger partial charge in [0.1, 0.15) is 6.61 Å². The van der Waals surface area contributed by atoms with Gasteiger partial charge in [0.2, 0.25) is 0 Å². The third kappa shape index (κ3) is 2.91. The second-order valence-electron chi connectivity index (χ2n) is 12.6. The quantitative estimate of drug-likeness (QED) is 0.610. The summed E-state index contributed by atoms with van der Waals surface area (Å²) in [5, 5.41) is 21.6. The molecule has 5 fully saturated rings. The Labute approximate surface area is 211 Å². The average Bonchev–Trinajstić information content (AvgIpc) is 3.34. The Morgan fingerprint density at radius 1 is 1.22 bits per heavy atom. The second-order valence-corrected chi connectivity index (χ2v) is 12.6. The Kier molecular flexibility index (Phi) is 5.54. The molecule has 6 rings (SSSR count). The number of aliphatic hydroxyl groups is 2. The van der Waals surface area contributed by atoms with Gasteiger partial charge in [-0.15, -0.1) is 0 Å². The summed E-state index contributed by atoms with van der Waals surface area (Å²) in [5.41, 5.74) is -4.63. The molecule has 0 unspecified atom stereocenters. The van der Waals surface area contributed by atoms with Crippen molar-refractivity contribution >= 4 is 11.6 Å². The van der Waals surface area contributed by atoms with E-state index in [4.69, 9.17) is 9.47 Å². The van der Waals surface area contributed by atoms with E-state index in [1.165, 1.54) is 12.2 Å². The van der Waals surface area contributed by atoms with Gasteiger partial charge in [0.05, 0.1) is 12.2 Å². The number of halogens is 1. The van der Waals surface area contributed by atoms with Gasteiger partial charge in [0, 0.05) is 22.7 Å². The topological polar surface area (TPSA) is 96.3 Å². The lowest BCUT2D eigenvalue weighted by molar-refractivity contribution is -0.236. The van der Waals surface area contributed by atoms with Crippen LogP contribution in [0.3, 0.4) is 0 Å². The van der Waals surface area contributed by atoms with Crippen LogP contribution in [-0.4, -0.2) is 83.2 Å². The molecular formula is C28H38FNO6. The van der Waals surface area contributed by atoms with Crippen LogP contribution in [0.5, 0.6) is 0 Å². The normalized spacial score (nSPS) is 50.8. The van der Waals surface area contributed by atoms with Crippen LogP contribution in [0.4, 0.5) is 4.39 Å². The van der Waals surface area contributed by atoms with Gasteiger partial charge in [-0.2, -0.15) is 0 Å². The first-order valence-electron chi connectivity index (χ1n) is 13.5. The van der Waals surface area contributed by atoms with E-state index >= 15 is 4.39 Å². The van der Waals surface area contributed by atoms with Crippen molar-refractivity contribution in [2.75, 3.05) is 26.7 Å². The largest absolute Gasteiger partial charge is 0.390 e. The van der Waals surface area contributed by atoms with Gasteiger partial charge in [-0.3, -0.25) is 9.59 Å². The number of allylic oxidation sites excluding steroid dienone is 4. The van der Waals surface area contributed by atoms with E-state index in [-0.39, 0.29) is 24.0 Å². The highest BCUT2D eigenvalue weighted by Crippen LogP contribution is 2.72. The standard InChI is InChI=1S/C28H38FNO6/c1-25-9-6-18(32)12-17(25)4-5-19-20-13-23-28(22(34)15-31,26(20,2)14-21(33)27(19,25)29)36-24(35-23)16-7-10-30(3)11-8-16/h6,9,12,16,19-21,23-24,31,33H,4-5,7-8,10-11,13-15H2,1-3H3/t19-,20-,21-,23+,24+,25-,26-,27-,28+/m0/s1. The average molecular weight is 504 g/mol. The van der Waals surface area contributed by atoms with Crippen LogP contribution in [0.1, 0.15) is 52.4 Å². The lowest BCUT2D eigenvalue weighted by Gasteiger charge is -2.62. The Balaban J connectivity index is 1.38. The monoisotopic (exact) mass is 503 g/mol. The maximum Gasteiger partial charge on any atom is 0.193 e. The number of ether oxygens (including phenoxy) is 2. The fourth-order valence-corrected chi connectivity index (χ4v) is 9.11. The van der Waals surface area contributed by atoms with Crippen LogP contribution in [0, 0.1) is 28.6 Å². The highest BCUT2D eigenvalue weighted by molar-refractivity contribution is 6.01. The predicted octanol–water partition coefficient (Wildman–Crippen LogP) is 2.35. The van der Waals surface area contributed by atoms with Crippen molar-refractivity contribution in [2.24, 2.45) is 28.6 Å². The van der Waals surface area contributed by atoms with Crippen LogP contribution >= 0.6 is 0 Å². The van der Waals surface area contributed by atoms with E-state index in [9.17, 15) is 19.8 Å². The highest BCUT2D eigenvalue weighted by atomic mass is 19.1. The number of fused-ring (bicyclic) bond motifs is 7. The SMILES string of the molecule is CN1CCC([C@@H]2O[C@@H]3C[C@H]4[C@@H]5CCC6=CC(=O)C=C[C@]6(C)[C@@]5(F)[C@@H](O)C[C@]4(C)[C@]3(C(=O)CO)O2)CC1. The Bertz CT molecular complexity index is 1040. The Hall–Kier alpha value is -1.45. The molecule has 0 radical (unpaired) electrons. The zero-order valence-corrected chi connectivity index (χ0v) is 21.4. The molecule has 0 spiro atoms. The maximum absolute atomic E-state index is 17.4. The summed E-state index contributed by atoms with van der Waals surface area (Å²) in [7, 11) is 2.08. The molecule has 0 bridgehead atoms. The number of alkyl halides is 1. The molecule has 8 heteroatoms. The number of nitrogens with zero attached hydrogens (tertiary/aromatic N) is 1. The summed E-state index contributed by atoms with van der Waals surface area (Å²) in [4.78, 5) is 27.9. The van der Waals surface area contributed by atoms with Gasteiger partial charge in [-0.1, -0.05) is 18.6 Å². The minimum atomic E-state index is -1.98. The number of likely N-dealkylation sites (tertiary alicyclic amines) is 1. The fraction of sp³-hybridized carbons (Fsp3) is 0.786. The third-order valence-corrected chi connectivity index (χ3v) is 11.1. The molecule has 6 aliphatic rings. The zero-order chi connectivity index (χ0) is 25.7. The molecule has 2 N–H and O–H groups in total. The number of piperidine rings is 1. The van der Waals surface area contributed by atoms with Crippen LogP contribution in [0.25, 0.3) is 0 Å². The first-order chi connectivity index (χ1) is 17.0. The zero-order valence-electron chi connectivity index (χ0n) is 21.4. The third-order valence-electron chi connectivity index (χ3n) is 11.1. The van der Waals surface area contributed by atoms with Crippen molar-refractivity contribution in [3.8, 4) is 0 Å². The van der Waals surface area contributed by atoms with Crippen molar-refractivity contribution in [1.29, 1.82) is 0 Å². The molecule has 0 aromatic heterocycles. The van der Waals surface area contributed by atoms with Crippen molar-refractivity contribution in [2.45, 2.75) is 82.1 Å². The van der Waals surface area contributed by atoms with Crippen molar-refractivity contribution in [3.63, 3.8) is 0 Å². The van der Waals surface area contributed by atoms with Gasteiger partial charge in [0.15, 0.2) is 29.1 Å². The molecule has 9 atom stereocenters. The summed E-state index contributed by atoms with van der Waals surface area (Å²) in [6.45, 7) is 4.89. The van der Waals surface area contributed by atoms with Gasteiger partial charge in [-0.25, -0.2) is 4.39 Å². The minimum Gasteiger partial charge on any atom is -0.390 e. The van der Waals surface area contributed by atoms with Gasteiger partial charge in [-0.05, 0) is 83.7 Å². The molecule has 7 nitrogen and oxygen atoms in total. The van der Waals surface area contributed by atoms with Crippen molar-refractivity contribution in [3.05, 3.63) is 23.8 Å². The number of Topliss-reactive ketones (excluding diaryl/α,β-unsaturated/α-hetero) is 1. The second kappa shape index (κ2) is 8.03. The van der Waals surface area contributed by atoms with Crippen molar-refractivity contribution < 1.29 is 33.7 Å². The number of aliphatic hydroxyl groups excluding tert-OH is 2. The molecule has 198 valence electrons. The number of hydrogen-bond acceptors (Lipinski definition) is 7. The molecule has 3 saturated carbocycles. The van der Waals surface area contributed by atoms with Crippen LogP contribution in [0.2, 0.25) is 0 Å². The molecule has 2 saturated heterocycles. The molecule has 4 aliphatic carbocycles. The number of hydrogen-bond donors (Lipinski definition) is 2. The van der Waals surface area contributed by atoms with Crippen LogP contribution in [0.15, 0.2) is 23.8 Å². The predicted molar refractivity (Wildman–Crippen MR) is 129 cm³/mol. The van der Waals surface area contributed by atoms with E-state index in [0.29, 0.717) is 19.3 Å². The molecular weight excluding hydrogens is 465 g/mol. The first kappa shape index (κ1) is 24.9. The molecule has 0 amide bonds. The van der Waals surface area contributed by atoms with Crippen molar-refractivity contribution in [1.82, 2.24) is 4.90 Å². The van der Waals surface area contributed by atoms with E-state index < -0.39 is 58.9 Å². The molecule has 0 aromatic carbocycles. The lowest BCUT2D eigenvalue weighted by Crippen LogP contribution is -2.69. The minimum absolute atomic E-state index is 0.0288. The molecule has 2 aliphatic heterocycles.